The Morgan fingerprint density at radius 1 is 0.907 bits per heavy atom. The van der Waals surface area contributed by atoms with Crippen LogP contribution < -0.4 is 19.5 Å². The summed E-state index contributed by atoms with van der Waals surface area (Å²) in [5.41, 5.74) is 7.51. The van der Waals surface area contributed by atoms with E-state index in [2.05, 4.69) is 22.3 Å². The number of nitrogens with one attached hydrogen (secondary N) is 1. The Morgan fingerprint density at radius 3 is 2.48 bits per heavy atom. The van der Waals surface area contributed by atoms with Gasteiger partial charge in [0.05, 0.1) is 23.7 Å². The minimum absolute atomic E-state index is 0.123. The van der Waals surface area contributed by atoms with Gasteiger partial charge in [0.25, 0.3) is 0 Å². The Balaban J connectivity index is 1.00. The van der Waals surface area contributed by atoms with Crippen LogP contribution in [0.5, 0.6) is 17.6 Å². The van der Waals surface area contributed by atoms with Crippen LogP contribution in [0.25, 0.3) is 22.4 Å². The van der Waals surface area contributed by atoms with Crippen LogP contribution in [0.3, 0.4) is 0 Å². The van der Waals surface area contributed by atoms with Crippen molar-refractivity contribution in [2.75, 3.05) is 26.7 Å². The van der Waals surface area contributed by atoms with Crippen molar-refractivity contribution in [2.24, 2.45) is 11.8 Å². The number of likely N-dealkylation sites (tertiary alicyclic amines) is 1. The number of methoxy groups -OCH3 is 1. The number of carboxylic acid groups (broad SMARTS) is 1. The van der Waals surface area contributed by atoms with Crippen molar-refractivity contribution in [2.45, 2.75) is 76.7 Å². The Kier molecular flexibility index (Phi) is 10.8. The molecule has 54 heavy (non-hydrogen) atoms. The number of carbonyl (C=O) groups excluding carboxylic acids is 1. The molecule has 3 aliphatic carbocycles. The molecule has 2 N–H and O–H groups in total. The van der Waals surface area contributed by atoms with Crippen molar-refractivity contribution in [3.05, 3.63) is 86.9 Å². The molecule has 3 heterocycles. The Morgan fingerprint density at radius 2 is 1.72 bits per heavy atom. The van der Waals surface area contributed by atoms with E-state index in [-0.39, 0.29) is 18.1 Å². The maximum absolute atomic E-state index is 11.7. The van der Waals surface area contributed by atoms with Gasteiger partial charge < -0.3 is 24.6 Å². The quantitative estimate of drug-likeness (QED) is 0.130. The molecule has 282 valence electrons. The molecule has 2 aromatic heterocycles. The molecule has 0 spiro atoms. The number of benzene rings is 2. The first-order valence-electron chi connectivity index (χ1n) is 18.9. The molecule has 4 aliphatic rings. The SMILES string of the molecule is COc1nc(-c2cccc(-c3cccc4c3CC[C@@H]4Oc3nc(OC4CC4)c(CN4CC[C@@H](C(=O)O)C4)cc3Cl)c2Cl)ccc1CNC[C@@H]1CCC(=O)C1. The summed E-state index contributed by atoms with van der Waals surface area (Å²) >= 11 is 14.0. The Bertz CT molecular complexity index is 2070. The lowest BCUT2D eigenvalue weighted by Crippen LogP contribution is -2.23. The molecule has 2 saturated carbocycles. The lowest BCUT2D eigenvalue weighted by atomic mass is 9.94. The normalized spacial score (nSPS) is 21.0. The van der Waals surface area contributed by atoms with E-state index < -0.39 is 5.97 Å². The fourth-order valence-corrected chi connectivity index (χ4v) is 8.57. The number of nitrogens with zero attached hydrogens (tertiary/aromatic N) is 3. The fraction of sp³-hybridized carbons (Fsp3) is 0.429. The lowest BCUT2D eigenvalue weighted by Gasteiger charge is -2.21. The second-order valence-corrected chi connectivity index (χ2v) is 15.7. The highest BCUT2D eigenvalue weighted by Gasteiger charge is 2.33. The molecule has 1 aliphatic heterocycles. The van der Waals surface area contributed by atoms with Gasteiger partial charge in [-0.3, -0.25) is 14.5 Å². The maximum atomic E-state index is 11.7. The van der Waals surface area contributed by atoms with E-state index in [1.165, 1.54) is 5.56 Å². The lowest BCUT2D eigenvalue weighted by molar-refractivity contribution is -0.141. The van der Waals surface area contributed by atoms with Crippen molar-refractivity contribution in [3.8, 4) is 40.0 Å². The Labute approximate surface area is 325 Å². The molecule has 10 nitrogen and oxygen atoms in total. The first-order valence-corrected chi connectivity index (χ1v) is 19.6. The molecule has 0 amide bonds. The summed E-state index contributed by atoms with van der Waals surface area (Å²) in [5.74, 6) is 0.988. The van der Waals surface area contributed by atoms with Gasteiger partial charge in [0.2, 0.25) is 17.6 Å². The van der Waals surface area contributed by atoms with Crippen LogP contribution in [-0.2, 0) is 29.1 Å². The van der Waals surface area contributed by atoms with Gasteiger partial charge in [-0.25, -0.2) is 4.98 Å². The van der Waals surface area contributed by atoms with Crippen LogP contribution in [0.1, 0.15) is 73.3 Å². The highest BCUT2D eigenvalue weighted by molar-refractivity contribution is 6.36. The number of aliphatic carboxylic acids is 1. The molecule has 2 aromatic carbocycles. The summed E-state index contributed by atoms with van der Waals surface area (Å²) in [5, 5.41) is 14.0. The number of Topliss-reactive ketones (excluding diaryl/α,β-unsaturated/α-hetero) is 1. The number of carboxylic acids is 1. The van der Waals surface area contributed by atoms with Gasteiger partial charge in [-0.2, -0.15) is 4.98 Å². The summed E-state index contributed by atoms with van der Waals surface area (Å²) in [6.07, 6.45) is 6.27. The number of pyridine rings is 2. The summed E-state index contributed by atoms with van der Waals surface area (Å²) in [6, 6.07) is 18.1. The number of aromatic nitrogens is 2. The largest absolute Gasteiger partial charge is 0.481 e. The third-order valence-electron chi connectivity index (χ3n) is 11.1. The van der Waals surface area contributed by atoms with Gasteiger partial charge >= 0.3 is 5.97 Å². The average Bonchev–Trinajstić information content (AvgIpc) is 3.48. The average molecular weight is 772 g/mol. The van der Waals surface area contributed by atoms with Crippen molar-refractivity contribution >= 4 is 35.0 Å². The molecule has 8 rings (SSSR count). The second-order valence-electron chi connectivity index (χ2n) is 14.9. The van der Waals surface area contributed by atoms with Crippen molar-refractivity contribution < 1.29 is 28.9 Å². The number of ketones is 1. The molecule has 1 saturated heterocycles. The van der Waals surface area contributed by atoms with Crippen LogP contribution in [0.2, 0.25) is 10.0 Å². The molecule has 3 atom stereocenters. The smallest absolute Gasteiger partial charge is 0.307 e. The number of carbonyl (C=O) groups is 2. The molecular weight excluding hydrogens is 727 g/mol. The van der Waals surface area contributed by atoms with E-state index in [1.807, 2.05) is 42.5 Å². The van der Waals surface area contributed by atoms with E-state index in [1.54, 1.807) is 7.11 Å². The van der Waals surface area contributed by atoms with Crippen molar-refractivity contribution in [1.29, 1.82) is 0 Å². The number of halogens is 2. The fourth-order valence-electron chi connectivity index (χ4n) is 8.02. The van der Waals surface area contributed by atoms with E-state index >= 15 is 0 Å². The number of fused-ring (bicyclic) bond motifs is 1. The Hall–Kier alpha value is -4.22. The minimum Gasteiger partial charge on any atom is -0.481 e. The number of hydrogen-bond acceptors (Lipinski definition) is 9. The third-order valence-corrected chi connectivity index (χ3v) is 11.7. The monoisotopic (exact) mass is 770 g/mol. The number of ether oxygens (including phenoxy) is 3. The number of hydrogen-bond donors (Lipinski definition) is 2. The van der Waals surface area contributed by atoms with E-state index in [4.69, 9.17) is 47.4 Å². The predicted molar refractivity (Wildman–Crippen MR) is 206 cm³/mol. The maximum Gasteiger partial charge on any atom is 0.307 e. The van der Waals surface area contributed by atoms with E-state index in [9.17, 15) is 14.7 Å². The molecule has 12 heteroatoms. The minimum atomic E-state index is -0.760. The highest BCUT2D eigenvalue weighted by atomic mass is 35.5. The van der Waals surface area contributed by atoms with Crippen LogP contribution in [0, 0.1) is 11.8 Å². The van der Waals surface area contributed by atoms with Crippen LogP contribution in [-0.4, -0.2) is 64.6 Å². The van der Waals surface area contributed by atoms with Crippen LogP contribution in [0.15, 0.2) is 54.6 Å². The van der Waals surface area contributed by atoms with Crippen molar-refractivity contribution in [3.63, 3.8) is 0 Å². The standard InChI is InChI=1S/C42H44Cl2N4O6/c1-52-39-25(21-45-20-24-8-10-28(49)18-24)9-14-36(46-39)34-7-3-6-33(38(34)44)30-4-2-5-32-31(30)13-15-37(32)54-41-35(43)19-27(40(47-41)53-29-11-12-29)23-48-17-16-26(22-48)42(50)51/h2-7,9,14,19,24,26,29,37,45H,8,10-13,15-18,20-23H2,1H3,(H,50,51)/t24-,26-,37+/m1/s1. The van der Waals surface area contributed by atoms with E-state index in [0.29, 0.717) is 84.8 Å². The zero-order valence-electron chi connectivity index (χ0n) is 30.3. The molecule has 0 unspecified atom stereocenters. The predicted octanol–water partition coefficient (Wildman–Crippen LogP) is 8.10. The van der Waals surface area contributed by atoms with Gasteiger partial charge in [0, 0.05) is 54.7 Å². The molecule has 3 fully saturated rings. The topological polar surface area (TPSA) is 123 Å². The van der Waals surface area contributed by atoms with E-state index in [0.717, 1.165) is 77.7 Å². The second kappa shape index (κ2) is 15.9. The van der Waals surface area contributed by atoms with Gasteiger partial charge in [0.1, 0.15) is 23.0 Å². The van der Waals surface area contributed by atoms with Crippen molar-refractivity contribution in [1.82, 2.24) is 20.2 Å². The van der Waals surface area contributed by atoms with Crippen LogP contribution >= 0.6 is 23.2 Å². The van der Waals surface area contributed by atoms with Gasteiger partial charge in [0.15, 0.2) is 0 Å². The highest BCUT2D eigenvalue weighted by Crippen LogP contribution is 2.45. The number of rotatable bonds is 14. The molecule has 4 aromatic rings. The van der Waals surface area contributed by atoms with Gasteiger partial charge in [-0.1, -0.05) is 65.7 Å². The van der Waals surface area contributed by atoms with Gasteiger partial charge in [-0.15, -0.1) is 0 Å². The molecular formula is C42H44Cl2N4O6. The summed E-state index contributed by atoms with van der Waals surface area (Å²) < 4.78 is 18.5. The molecule has 0 radical (unpaired) electrons. The first kappa shape index (κ1) is 36.7. The van der Waals surface area contributed by atoms with Crippen LogP contribution in [0.4, 0.5) is 0 Å². The summed E-state index contributed by atoms with van der Waals surface area (Å²) in [7, 11) is 1.62. The molecule has 0 bridgehead atoms. The zero-order valence-corrected chi connectivity index (χ0v) is 31.8. The summed E-state index contributed by atoms with van der Waals surface area (Å²) in [6.45, 7) is 3.09. The van der Waals surface area contributed by atoms with Gasteiger partial charge in [-0.05, 0) is 86.4 Å². The third kappa shape index (κ3) is 7.94. The zero-order chi connectivity index (χ0) is 37.3. The first-order chi connectivity index (χ1) is 26.2. The summed E-state index contributed by atoms with van der Waals surface area (Å²) in [4.78, 5) is 35.0.